The number of benzene rings is 15. The first-order chi connectivity index (χ1) is 52.6. The highest BCUT2D eigenvalue weighted by atomic mass is 15.1. The zero-order valence-corrected chi connectivity index (χ0v) is 57.1. The number of rotatable bonds is 12. The number of para-hydroxylation sites is 6. The summed E-state index contributed by atoms with van der Waals surface area (Å²) in [6, 6.07) is 129. The molecule has 0 aliphatic rings. The molecule has 0 aliphatic heterocycles. The van der Waals surface area contributed by atoms with Gasteiger partial charge in [-0.25, -0.2) is 29.9 Å². The Balaban J connectivity index is 0.834. The highest BCUT2D eigenvalue weighted by Gasteiger charge is 2.27. The molecular weight excluding hydrogens is 1290 g/mol. The van der Waals surface area contributed by atoms with Crippen molar-refractivity contribution >= 4 is 87.2 Å². The zero-order valence-electron chi connectivity index (χ0n) is 57.1. The topological polar surface area (TPSA) is 97.1 Å². The molecule has 106 heavy (non-hydrogen) atoms. The summed E-state index contributed by atoms with van der Waals surface area (Å²) >= 11 is 0. The molecule has 0 amide bonds. The van der Waals surface area contributed by atoms with E-state index in [1.165, 1.54) is 21.5 Å². The van der Waals surface area contributed by atoms with Gasteiger partial charge in [0.25, 0.3) is 0 Å². The predicted octanol–water partition coefficient (Wildman–Crippen LogP) is 23.8. The fraction of sp³-hybridized carbons (Fsp3) is 0. The van der Waals surface area contributed by atoms with Gasteiger partial charge >= 0.3 is 0 Å². The summed E-state index contributed by atoms with van der Waals surface area (Å²) in [5, 5.41) is 9.31. The first-order valence-electron chi connectivity index (χ1n) is 35.8. The molecule has 0 N–H and O–H groups in total. The summed E-state index contributed by atoms with van der Waals surface area (Å²) in [5.41, 5.74) is 22.2. The molecule has 6 aromatic heterocycles. The van der Waals surface area contributed by atoms with E-state index in [4.69, 9.17) is 29.9 Å². The van der Waals surface area contributed by atoms with Crippen molar-refractivity contribution in [1.82, 2.24) is 48.2 Å². The molecule has 0 saturated heterocycles. The third-order valence-electron chi connectivity index (χ3n) is 20.8. The first-order valence-corrected chi connectivity index (χ1v) is 35.8. The van der Waals surface area contributed by atoms with E-state index in [2.05, 4.69) is 309 Å². The quantitative estimate of drug-likeness (QED) is 0.121. The van der Waals surface area contributed by atoms with Gasteiger partial charge in [0.2, 0.25) is 0 Å². The summed E-state index contributed by atoms with van der Waals surface area (Å²) < 4.78 is 9.83. The summed E-state index contributed by atoms with van der Waals surface area (Å²) in [6.45, 7) is 0. The summed E-state index contributed by atoms with van der Waals surface area (Å²) in [4.78, 5) is 31.7. The highest BCUT2D eigenvalue weighted by Crippen LogP contribution is 2.48. The second-order valence-electron chi connectivity index (χ2n) is 26.9. The van der Waals surface area contributed by atoms with Crippen molar-refractivity contribution in [3.05, 3.63) is 364 Å². The molecule has 21 rings (SSSR count). The molecule has 0 aliphatic carbocycles. The minimum atomic E-state index is 0.559. The lowest BCUT2D eigenvalue weighted by atomic mass is 9.95. The van der Waals surface area contributed by atoms with E-state index in [1.54, 1.807) is 0 Å². The van der Waals surface area contributed by atoms with Crippen LogP contribution in [0.4, 0.5) is 0 Å². The monoisotopic (exact) mass is 1350 g/mol. The van der Waals surface area contributed by atoms with E-state index in [-0.39, 0.29) is 0 Å². The molecule has 0 saturated carbocycles. The molecule has 0 atom stereocenters. The van der Waals surface area contributed by atoms with Crippen LogP contribution in [0.2, 0.25) is 0 Å². The van der Waals surface area contributed by atoms with Crippen LogP contribution in [0.1, 0.15) is 0 Å². The smallest absolute Gasteiger partial charge is 0.164 e. The Morgan fingerprint density at radius 2 is 0.453 bits per heavy atom. The Bertz CT molecular complexity index is 6510. The maximum Gasteiger partial charge on any atom is 0.164 e. The molecule has 21 aromatic rings. The molecule has 10 nitrogen and oxygen atoms in total. The van der Waals surface area contributed by atoms with Gasteiger partial charge in [-0.15, -0.1) is 0 Å². The van der Waals surface area contributed by atoms with Crippen molar-refractivity contribution in [2.75, 3.05) is 0 Å². The van der Waals surface area contributed by atoms with Gasteiger partial charge in [0.1, 0.15) is 0 Å². The van der Waals surface area contributed by atoms with E-state index < -0.39 is 0 Å². The Hall–Kier alpha value is -14.5. The van der Waals surface area contributed by atoms with Crippen LogP contribution in [-0.4, -0.2) is 48.2 Å². The van der Waals surface area contributed by atoms with E-state index >= 15 is 0 Å². The average Bonchev–Trinajstić information content (AvgIpc) is 1.56. The minimum absolute atomic E-state index is 0.559. The molecule has 0 unspecified atom stereocenters. The molecule has 0 bridgehead atoms. The summed E-state index contributed by atoms with van der Waals surface area (Å²) in [7, 11) is 0. The number of hydrogen-bond donors (Lipinski definition) is 0. The number of hydrogen-bond acceptors (Lipinski definition) is 6. The van der Waals surface area contributed by atoms with Gasteiger partial charge in [0.05, 0.1) is 55.5 Å². The average molecular weight is 1350 g/mol. The standard InChI is InChI=1S/C96H60N10/c1-7-28-61(29-8-1)91-97-92(62-30-9-2-10-31-62)100-95(99-91)67-50-52-71(85(59-67)105-81-48-25-21-44-77(81)87-83(105)56-54-75-73-42-19-23-46-79(73)103(89(75)87)69-38-15-5-16-39-69)65-36-27-37-66(58-65)72-53-51-68(96-101-93(63-32-11-3-12-33-63)98-94(102-96)64-34-13-4-14-35-64)60-86(72)106-82-49-26-22-45-78(82)88-84(106)57-55-76-74-43-20-24-47-80(74)104(90(76)88)70-40-17-6-18-41-70/h1-60H. The van der Waals surface area contributed by atoms with Crippen LogP contribution in [0.25, 0.3) is 201 Å². The number of aromatic nitrogens is 10. The minimum Gasteiger partial charge on any atom is -0.309 e. The van der Waals surface area contributed by atoms with Gasteiger partial charge in [-0.05, 0) is 90.0 Å². The van der Waals surface area contributed by atoms with Gasteiger partial charge < -0.3 is 18.3 Å². The lowest BCUT2D eigenvalue weighted by molar-refractivity contribution is 1.07. The van der Waals surface area contributed by atoms with Crippen LogP contribution in [0, 0.1) is 0 Å². The Labute approximate surface area is 609 Å². The largest absolute Gasteiger partial charge is 0.309 e. The maximum absolute atomic E-state index is 5.36. The molecule has 10 heteroatoms. The van der Waals surface area contributed by atoms with Crippen molar-refractivity contribution in [2.45, 2.75) is 0 Å². The Kier molecular flexibility index (Phi) is 14.0. The third-order valence-corrected chi connectivity index (χ3v) is 20.8. The molecule has 6 heterocycles. The first kappa shape index (κ1) is 60.3. The van der Waals surface area contributed by atoms with E-state index in [0.717, 1.165) is 144 Å². The summed E-state index contributed by atoms with van der Waals surface area (Å²) in [6.07, 6.45) is 0. The molecule has 0 spiro atoms. The van der Waals surface area contributed by atoms with E-state index in [9.17, 15) is 0 Å². The van der Waals surface area contributed by atoms with E-state index in [0.29, 0.717) is 34.9 Å². The van der Waals surface area contributed by atoms with Crippen LogP contribution in [0.3, 0.4) is 0 Å². The van der Waals surface area contributed by atoms with Crippen LogP contribution >= 0.6 is 0 Å². The molecular formula is C96H60N10. The van der Waals surface area contributed by atoms with Gasteiger partial charge in [0.15, 0.2) is 34.9 Å². The molecule has 0 radical (unpaired) electrons. The SMILES string of the molecule is c1ccc(-c2nc(-c3ccccc3)nc(-c3ccc(-c4cccc(-c5ccc(-c6nc(-c7ccccc7)nc(-c7ccccc7)n6)cc5-n5c6ccccc6c6c5ccc5c7ccccc7n(-c7ccccc7)c56)c4)c(-n4c5ccccc5c5c4ccc4c6ccccc6n(-c6ccccc6)c45)c3)n2)cc1. The third kappa shape index (κ3) is 9.80. The Morgan fingerprint density at radius 1 is 0.170 bits per heavy atom. The van der Waals surface area contributed by atoms with Gasteiger partial charge in [-0.3, -0.25) is 0 Å². The molecule has 15 aromatic carbocycles. The zero-order chi connectivity index (χ0) is 69.8. The summed E-state index contributed by atoms with van der Waals surface area (Å²) in [5.74, 6) is 3.48. The number of fused-ring (bicyclic) bond motifs is 14. The van der Waals surface area contributed by atoms with E-state index in [1.807, 2.05) is 72.8 Å². The van der Waals surface area contributed by atoms with Crippen LogP contribution in [0.15, 0.2) is 364 Å². The second kappa shape index (κ2) is 24.7. The normalized spacial score (nSPS) is 11.8. The highest BCUT2D eigenvalue weighted by molar-refractivity contribution is 6.28. The Morgan fingerprint density at radius 3 is 0.802 bits per heavy atom. The van der Waals surface area contributed by atoms with Gasteiger partial charge in [-0.2, -0.15) is 0 Å². The number of nitrogens with zero attached hydrogens (tertiary/aromatic N) is 10. The molecule has 0 fully saturated rings. The predicted molar refractivity (Wildman–Crippen MR) is 434 cm³/mol. The van der Waals surface area contributed by atoms with Crippen LogP contribution in [-0.2, 0) is 0 Å². The van der Waals surface area contributed by atoms with Crippen molar-refractivity contribution in [3.8, 4) is 113 Å². The van der Waals surface area contributed by atoms with Gasteiger partial charge in [0, 0.05) is 99.0 Å². The van der Waals surface area contributed by atoms with Crippen LogP contribution in [0.5, 0.6) is 0 Å². The maximum atomic E-state index is 5.36. The fourth-order valence-corrected chi connectivity index (χ4v) is 16.2. The fourth-order valence-electron chi connectivity index (χ4n) is 16.2. The lowest BCUT2D eigenvalue weighted by Crippen LogP contribution is -2.03. The second-order valence-corrected chi connectivity index (χ2v) is 26.9. The van der Waals surface area contributed by atoms with Crippen LogP contribution < -0.4 is 0 Å². The molecule has 494 valence electrons. The van der Waals surface area contributed by atoms with Gasteiger partial charge in [-0.1, -0.05) is 285 Å². The lowest BCUT2D eigenvalue weighted by Gasteiger charge is -2.19. The van der Waals surface area contributed by atoms with Crippen molar-refractivity contribution in [1.29, 1.82) is 0 Å². The van der Waals surface area contributed by atoms with Crippen molar-refractivity contribution in [2.24, 2.45) is 0 Å². The van der Waals surface area contributed by atoms with Crippen molar-refractivity contribution < 1.29 is 0 Å². The van der Waals surface area contributed by atoms with Crippen molar-refractivity contribution in [3.63, 3.8) is 0 Å².